The summed E-state index contributed by atoms with van der Waals surface area (Å²) >= 11 is 0. The maximum atomic E-state index is 5.15. The highest BCUT2D eigenvalue weighted by atomic mass is 14.8. The van der Waals surface area contributed by atoms with Crippen LogP contribution in [0.4, 0.5) is 0 Å². The predicted molar refractivity (Wildman–Crippen MR) is 537 cm³/mol. The number of pyridine rings is 8. The first kappa shape index (κ1) is 84.0. The van der Waals surface area contributed by atoms with E-state index in [2.05, 4.69) is 386 Å². The van der Waals surface area contributed by atoms with Gasteiger partial charge in [-0.2, -0.15) is 0 Å². The Morgan fingerprint density at radius 1 is 0.138 bits per heavy atom. The second kappa shape index (κ2) is 35.0. The van der Waals surface area contributed by atoms with Crippen molar-refractivity contribution < 1.29 is 0 Å². The SMILES string of the molecule is CC(C)(C)c1ccnc(-c2ccc(-c3ncccc3-c3cc(-c4ccccc4-c4ccc(-c5cnc(-c6ccc(-c7ccccc7-c7cc(-c8cccnc8-c8ccc(-c9cc(C(C)(C)C)ccn9)cc8)cc(-c8cccnc8-c8ccc(-c9cc(C(C)(C)C)ccn9)cc8)c7)cc6)cn5)cc4)cc(-c4cccnc4-c4ccc(-c5cc(C(C)(C)C)ccn5)cc4)c3)cc2)c1. The molecule has 0 saturated carbocycles. The maximum absolute atomic E-state index is 5.15. The first-order valence-electron chi connectivity index (χ1n) is 44.6. The summed E-state index contributed by atoms with van der Waals surface area (Å²) in [5.74, 6) is 0. The molecule has 9 heterocycles. The highest BCUT2D eigenvalue weighted by molar-refractivity contribution is 5.96. The number of rotatable bonds is 18. The number of benzene rings is 10. The molecule has 0 aliphatic carbocycles. The summed E-state index contributed by atoms with van der Waals surface area (Å²) in [6.07, 6.45) is 19.0. The molecule has 10 aromatic carbocycles. The van der Waals surface area contributed by atoms with E-state index in [4.69, 9.17) is 49.8 Å². The average Bonchev–Trinajstić information content (AvgIpc) is 0.767. The Bertz CT molecular complexity index is 6610. The molecule has 0 bridgehead atoms. The molecule has 630 valence electrons. The van der Waals surface area contributed by atoms with Gasteiger partial charge in [-0.3, -0.25) is 49.8 Å². The number of hydrogen-bond acceptors (Lipinski definition) is 10. The first-order chi connectivity index (χ1) is 62.9. The summed E-state index contributed by atoms with van der Waals surface area (Å²) in [6.45, 7) is 26.8. The van der Waals surface area contributed by atoms with Crippen LogP contribution in [0.3, 0.4) is 0 Å². The van der Waals surface area contributed by atoms with Gasteiger partial charge in [0.2, 0.25) is 0 Å². The van der Waals surface area contributed by atoms with Crippen molar-refractivity contribution in [3.63, 3.8) is 0 Å². The number of nitrogens with zero attached hydrogens (tertiary/aromatic N) is 10. The summed E-state index contributed by atoms with van der Waals surface area (Å²) < 4.78 is 0. The third kappa shape index (κ3) is 17.8. The Morgan fingerprint density at radius 2 is 0.323 bits per heavy atom. The normalized spacial score (nSPS) is 11.8. The van der Waals surface area contributed by atoms with Crippen LogP contribution in [0.25, 0.3) is 202 Å². The van der Waals surface area contributed by atoms with Crippen LogP contribution in [-0.4, -0.2) is 49.8 Å². The topological polar surface area (TPSA) is 129 Å². The zero-order valence-electron chi connectivity index (χ0n) is 75.4. The van der Waals surface area contributed by atoms with E-state index in [-0.39, 0.29) is 21.7 Å². The Labute approximate surface area is 762 Å². The van der Waals surface area contributed by atoms with Crippen molar-refractivity contribution in [2.45, 2.75) is 105 Å². The van der Waals surface area contributed by atoms with Crippen molar-refractivity contribution in [1.29, 1.82) is 0 Å². The second-order valence-corrected chi connectivity index (χ2v) is 37.8. The highest BCUT2D eigenvalue weighted by Crippen LogP contribution is 2.47. The molecule has 0 spiro atoms. The molecule has 19 aromatic rings. The van der Waals surface area contributed by atoms with Crippen LogP contribution < -0.4 is 0 Å². The molecule has 0 atom stereocenters. The van der Waals surface area contributed by atoms with Gasteiger partial charge >= 0.3 is 0 Å². The molecule has 0 radical (unpaired) electrons. The van der Waals surface area contributed by atoms with Gasteiger partial charge in [-0.05, 0) is 220 Å². The first-order valence-corrected chi connectivity index (χ1v) is 44.6. The summed E-state index contributed by atoms with van der Waals surface area (Å²) in [4.78, 5) is 50.0. The Hall–Kier alpha value is -15.5. The minimum atomic E-state index is -0.0124. The lowest BCUT2D eigenvalue weighted by atomic mass is 9.86. The van der Waals surface area contributed by atoms with Gasteiger partial charge in [-0.1, -0.05) is 301 Å². The Balaban J connectivity index is 0.629. The highest BCUT2D eigenvalue weighted by Gasteiger charge is 2.25. The van der Waals surface area contributed by atoms with Gasteiger partial charge < -0.3 is 0 Å². The minimum absolute atomic E-state index is 0.0124. The summed E-state index contributed by atoms with van der Waals surface area (Å²) in [5.41, 5.74) is 40.5. The zero-order chi connectivity index (χ0) is 89.4. The molecular weight excluding hydrogens is 1580 g/mol. The van der Waals surface area contributed by atoms with E-state index < -0.39 is 0 Å². The molecule has 0 aliphatic heterocycles. The van der Waals surface area contributed by atoms with E-state index in [0.717, 1.165) is 202 Å². The van der Waals surface area contributed by atoms with Crippen LogP contribution in [0, 0.1) is 0 Å². The lowest BCUT2D eigenvalue weighted by molar-refractivity contribution is 0.589. The maximum Gasteiger partial charge on any atom is 0.0885 e. The third-order valence-corrected chi connectivity index (χ3v) is 24.8. The molecule has 0 amide bonds. The Kier molecular flexibility index (Phi) is 22.6. The largest absolute Gasteiger partial charge is 0.256 e. The van der Waals surface area contributed by atoms with Crippen LogP contribution in [-0.2, 0) is 21.7 Å². The summed E-state index contributed by atoms with van der Waals surface area (Å²) in [6, 6.07) is 117. The van der Waals surface area contributed by atoms with Crippen LogP contribution in [0.15, 0.2) is 390 Å². The van der Waals surface area contributed by atoms with Crippen LogP contribution in [0.2, 0.25) is 0 Å². The number of hydrogen-bond donors (Lipinski definition) is 0. The van der Waals surface area contributed by atoms with Gasteiger partial charge in [0.25, 0.3) is 0 Å². The zero-order valence-corrected chi connectivity index (χ0v) is 75.4. The minimum Gasteiger partial charge on any atom is -0.256 e. The van der Waals surface area contributed by atoms with E-state index in [1.54, 1.807) is 0 Å². The monoisotopic (exact) mass is 1680 g/mol. The third-order valence-electron chi connectivity index (χ3n) is 24.8. The molecule has 0 fully saturated rings. The fourth-order valence-electron chi connectivity index (χ4n) is 17.3. The summed E-state index contributed by atoms with van der Waals surface area (Å²) in [5, 5.41) is 0. The second-order valence-electron chi connectivity index (χ2n) is 37.8. The van der Waals surface area contributed by atoms with Crippen molar-refractivity contribution in [3.8, 4) is 202 Å². The lowest BCUT2D eigenvalue weighted by Gasteiger charge is -2.19. The van der Waals surface area contributed by atoms with Crippen molar-refractivity contribution in [2.24, 2.45) is 0 Å². The molecule has 10 heteroatoms. The lowest BCUT2D eigenvalue weighted by Crippen LogP contribution is -2.11. The predicted octanol–water partition coefficient (Wildman–Crippen LogP) is 30.8. The number of aromatic nitrogens is 10. The van der Waals surface area contributed by atoms with Gasteiger partial charge in [0.15, 0.2) is 0 Å². The van der Waals surface area contributed by atoms with Crippen LogP contribution in [0.5, 0.6) is 0 Å². The van der Waals surface area contributed by atoms with Gasteiger partial charge in [0, 0.05) is 127 Å². The summed E-state index contributed by atoms with van der Waals surface area (Å²) in [7, 11) is 0. The molecule has 9 aromatic heterocycles. The Morgan fingerprint density at radius 3 is 0.538 bits per heavy atom. The van der Waals surface area contributed by atoms with Crippen molar-refractivity contribution in [1.82, 2.24) is 49.8 Å². The van der Waals surface area contributed by atoms with Crippen molar-refractivity contribution >= 4 is 0 Å². The molecule has 0 unspecified atom stereocenters. The molecule has 0 aliphatic rings. The van der Waals surface area contributed by atoms with E-state index >= 15 is 0 Å². The fourth-order valence-corrected chi connectivity index (χ4v) is 17.3. The average molecular weight is 1680 g/mol. The molecule has 19 rings (SSSR count). The fraction of sp³-hybridized carbons (Fsp3) is 0.133. The van der Waals surface area contributed by atoms with Crippen molar-refractivity contribution in [3.05, 3.63) is 412 Å². The molecular formula is C120H100N10. The van der Waals surface area contributed by atoms with Crippen LogP contribution in [0.1, 0.15) is 105 Å². The van der Waals surface area contributed by atoms with E-state index in [0.29, 0.717) is 0 Å². The van der Waals surface area contributed by atoms with Gasteiger partial charge in [-0.25, -0.2) is 0 Å². The molecule has 130 heavy (non-hydrogen) atoms. The van der Waals surface area contributed by atoms with E-state index in [1.165, 1.54) is 22.3 Å². The quantitative estimate of drug-likeness (QED) is 0.0819. The van der Waals surface area contributed by atoms with Gasteiger partial charge in [-0.15, -0.1) is 0 Å². The van der Waals surface area contributed by atoms with Crippen molar-refractivity contribution in [2.75, 3.05) is 0 Å². The standard InChI is InChI=1S/C120H100N10/c1-117(2,3)95-53-61-121-107(71-95)79-37-45-85(46-38-79)113-103(25-17-57-125-113)91-65-89(66-92(69-91)104-26-18-58-126-114(104)86-47-39-80(40-48-86)108-72-96(54-62-122-108)118(4,5)6)101-23-15-13-21-99(101)77-29-33-83(34-30-77)111-75-130-112(76-129-111)84-35-31-78(32-36-84)100-22-14-16-24-102(100)90-67-93(105-27-19-59-127-115(105)87-49-41-81(42-50-87)109-73-97(55-63-123-109)119(7,8)9)70-94(68-90)106-28-20-60-128-116(106)88-51-43-82(44-52-88)110-74-98(56-64-124-110)120(10,11)12/h13-76H,1-12H3. The molecule has 0 saturated heterocycles. The van der Waals surface area contributed by atoms with Gasteiger partial charge in [0.05, 0.1) is 69.3 Å². The smallest absolute Gasteiger partial charge is 0.0885 e. The van der Waals surface area contributed by atoms with E-state index in [9.17, 15) is 0 Å². The van der Waals surface area contributed by atoms with Crippen LogP contribution >= 0.6 is 0 Å². The van der Waals surface area contributed by atoms with Gasteiger partial charge in [0.1, 0.15) is 0 Å². The van der Waals surface area contributed by atoms with E-state index in [1.807, 2.05) is 86.2 Å². The molecule has 0 N–H and O–H groups in total. The molecule has 10 nitrogen and oxygen atoms in total.